The number of alkyl halides is 1. The lowest BCUT2D eigenvalue weighted by molar-refractivity contribution is -0.140. The number of β-amino-alcohol motifs (C(OH)–C–C–N with tert-alkyl or cyclic N) is 1. The number of halogens is 1. The quantitative estimate of drug-likeness (QED) is 0.583. The van der Waals surface area contributed by atoms with Crippen LogP contribution in [0.4, 0.5) is 0 Å². The van der Waals surface area contributed by atoms with Gasteiger partial charge in [-0.1, -0.05) is 15.9 Å². The van der Waals surface area contributed by atoms with Crippen molar-refractivity contribution in [2.75, 3.05) is 46.4 Å². The van der Waals surface area contributed by atoms with E-state index < -0.39 is 5.60 Å². The Bertz CT molecular complexity index is 273. The number of nitrogens with zero attached hydrogens (tertiary/aromatic N) is 2. The normalized spacial score (nSPS) is 20.7. The smallest absolute Gasteiger partial charge is 0.320 e. The van der Waals surface area contributed by atoms with Crippen LogP contribution in [0.15, 0.2) is 0 Å². The molecule has 1 fully saturated rings. The Morgan fingerprint density at radius 2 is 1.83 bits per heavy atom. The third kappa shape index (κ3) is 5.65. The first-order valence-corrected chi connectivity index (χ1v) is 7.12. The van der Waals surface area contributed by atoms with Crippen molar-refractivity contribution in [3.05, 3.63) is 0 Å². The number of methoxy groups -OCH3 is 1. The zero-order valence-corrected chi connectivity index (χ0v) is 12.9. The number of piperazine rings is 1. The topological polar surface area (TPSA) is 53.0 Å². The fourth-order valence-electron chi connectivity index (χ4n) is 2.11. The molecule has 1 rings (SSSR count). The molecule has 1 heterocycles. The number of hydrogen-bond acceptors (Lipinski definition) is 5. The molecule has 0 aromatic rings. The molecule has 0 aromatic carbocycles. The summed E-state index contributed by atoms with van der Waals surface area (Å²) in [4.78, 5) is 15.5. The first-order valence-electron chi connectivity index (χ1n) is 6.21. The van der Waals surface area contributed by atoms with Crippen LogP contribution in [0, 0.1) is 0 Å². The van der Waals surface area contributed by atoms with Crippen molar-refractivity contribution in [1.82, 2.24) is 9.80 Å². The van der Waals surface area contributed by atoms with Crippen LogP contribution in [0.5, 0.6) is 0 Å². The Morgan fingerprint density at radius 1 is 1.33 bits per heavy atom. The molecule has 6 heteroatoms. The molecule has 5 nitrogen and oxygen atoms in total. The van der Waals surface area contributed by atoms with Crippen molar-refractivity contribution in [2.45, 2.75) is 24.3 Å². The van der Waals surface area contributed by atoms with E-state index in [2.05, 4.69) is 30.5 Å². The Balaban J connectivity index is 2.29. The van der Waals surface area contributed by atoms with Crippen LogP contribution >= 0.6 is 15.9 Å². The average Bonchev–Trinajstić information content (AvgIpc) is 2.28. The summed E-state index contributed by atoms with van der Waals surface area (Å²) in [6.45, 7) is 8.68. The van der Waals surface area contributed by atoms with Crippen LogP contribution in [0.2, 0.25) is 0 Å². The number of ether oxygens (including phenoxy) is 1. The van der Waals surface area contributed by atoms with Crippen molar-refractivity contribution in [1.29, 1.82) is 0 Å². The van der Waals surface area contributed by atoms with Gasteiger partial charge in [-0.05, 0) is 13.8 Å². The van der Waals surface area contributed by atoms with Crippen molar-refractivity contribution in [3.63, 3.8) is 0 Å². The van der Waals surface area contributed by atoms with Gasteiger partial charge in [-0.3, -0.25) is 14.6 Å². The number of carbonyl (C=O) groups excluding carboxylic acids is 1. The molecule has 0 aromatic heterocycles. The highest BCUT2D eigenvalue weighted by molar-refractivity contribution is 9.10. The van der Waals surface area contributed by atoms with Crippen LogP contribution in [0.3, 0.4) is 0 Å². The summed E-state index contributed by atoms with van der Waals surface area (Å²) < 4.78 is 4.68. The van der Waals surface area contributed by atoms with Crippen molar-refractivity contribution in [2.24, 2.45) is 0 Å². The number of esters is 1. The van der Waals surface area contributed by atoms with Gasteiger partial charge in [-0.15, -0.1) is 0 Å². The van der Waals surface area contributed by atoms with Gasteiger partial charge in [0, 0.05) is 39.3 Å². The number of carbonyl (C=O) groups is 1. The summed E-state index contributed by atoms with van der Waals surface area (Å²) in [6.07, 6.45) is 0. The zero-order valence-electron chi connectivity index (χ0n) is 11.4. The second-order valence-electron chi connectivity index (χ2n) is 5.38. The number of aliphatic hydroxyl groups is 1. The molecule has 1 aliphatic rings. The molecule has 1 atom stereocenters. The molecule has 0 spiro atoms. The Kier molecular flexibility index (Phi) is 6.04. The average molecular weight is 323 g/mol. The third-order valence-electron chi connectivity index (χ3n) is 2.95. The Hall–Kier alpha value is -0.170. The van der Waals surface area contributed by atoms with E-state index in [-0.39, 0.29) is 10.8 Å². The minimum atomic E-state index is -0.647. The van der Waals surface area contributed by atoms with E-state index in [4.69, 9.17) is 0 Å². The molecule has 1 unspecified atom stereocenters. The van der Waals surface area contributed by atoms with Gasteiger partial charge in [0.1, 0.15) is 4.83 Å². The predicted molar refractivity (Wildman–Crippen MR) is 73.9 cm³/mol. The lowest BCUT2D eigenvalue weighted by Crippen LogP contribution is -2.51. The van der Waals surface area contributed by atoms with E-state index in [9.17, 15) is 9.90 Å². The van der Waals surface area contributed by atoms with E-state index in [1.165, 1.54) is 7.11 Å². The van der Waals surface area contributed by atoms with Crippen LogP contribution in [-0.4, -0.2) is 77.7 Å². The second kappa shape index (κ2) is 6.84. The minimum absolute atomic E-state index is 0.228. The maximum atomic E-state index is 11.3. The van der Waals surface area contributed by atoms with Gasteiger partial charge in [-0.25, -0.2) is 0 Å². The summed E-state index contributed by atoms with van der Waals surface area (Å²) in [5.74, 6) is -0.228. The highest BCUT2D eigenvalue weighted by Gasteiger charge is 2.25. The summed E-state index contributed by atoms with van der Waals surface area (Å²) in [7, 11) is 1.40. The lowest BCUT2D eigenvalue weighted by atomic mass is 10.1. The molecule has 106 valence electrons. The molecule has 1 saturated heterocycles. The molecule has 0 bridgehead atoms. The van der Waals surface area contributed by atoms with Crippen molar-refractivity contribution in [3.8, 4) is 0 Å². The number of rotatable bonds is 5. The highest BCUT2D eigenvalue weighted by Crippen LogP contribution is 2.11. The van der Waals surface area contributed by atoms with Crippen LogP contribution in [0.25, 0.3) is 0 Å². The molecule has 1 aliphatic heterocycles. The molecule has 18 heavy (non-hydrogen) atoms. The molecular weight excluding hydrogens is 300 g/mol. The molecule has 1 N–H and O–H groups in total. The van der Waals surface area contributed by atoms with Crippen molar-refractivity contribution >= 4 is 21.9 Å². The fraction of sp³-hybridized carbons (Fsp3) is 0.917. The third-order valence-corrected chi connectivity index (χ3v) is 3.61. The molecular formula is C12H23BrN2O3. The van der Waals surface area contributed by atoms with Gasteiger partial charge in [0.15, 0.2) is 0 Å². The summed E-state index contributed by atoms with van der Waals surface area (Å²) in [5.41, 5.74) is -0.647. The van der Waals surface area contributed by atoms with Gasteiger partial charge in [0.2, 0.25) is 0 Å². The maximum Gasteiger partial charge on any atom is 0.320 e. The first-order chi connectivity index (χ1) is 8.31. The molecule has 0 aliphatic carbocycles. The summed E-state index contributed by atoms with van der Waals surface area (Å²) in [6, 6.07) is 0. The van der Waals surface area contributed by atoms with Crippen molar-refractivity contribution < 1.29 is 14.6 Å². The van der Waals surface area contributed by atoms with E-state index in [1.54, 1.807) is 0 Å². The number of hydrogen-bond donors (Lipinski definition) is 1. The second-order valence-corrected chi connectivity index (χ2v) is 6.49. The van der Waals surface area contributed by atoms with Crippen LogP contribution in [-0.2, 0) is 9.53 Å². The Morgan fingerprint density at radius 3 is 2.28 bits per heavy atom. The van der Waals surface area contributed by atoms with Gasteiger partial charge in [0.25, 0.3) is 0 Å². The minimum Gasteiger partial charge on any atom is -0.468 e. The van der Waals surface area contributed by atoms with Crippen LogP contribution in [0.1, 0.15) is 13.8 Å². The van der Waals surface area contributed by atoms with E-state index in [0.717, 1.165) is 26.2 Å². The lowest BCUT2D eigenvalue weighted by Gasteiger charge is -2.37. The largest absolute Gasteiger partial charge is 0.468 e. The van der Waals surface area contributed by atoms with Crippen LogP contribution < -0.4 is 0 Å². The van der Waals surface area contributed by atoms with Gasteiger partial charge >= 0.3 is 5.97 Å². The monoisotopic (exact) mass is 322 g/mol. The first kappa shape index (κ1) is 15.9. The highest BCUT2D eigenvalue weighted by atomic mass is 79.9. The van der Waals surface area contributed by atoms with E-state index >= 15 is 0 Å². The molecule has 0 radical (unpaired) electrons. The molecule has 0 saturated carbocycles. The zero-order chi connectivity index (χ0) is 13.8. The predicted octanol–water partition coefficient (Wildman–Crippen LogP) is 0.311. The van der Waals surface area contributed by atoms with Gasteiger partial charge in [0.05, 0.1) is 12.7 Å². The summed E-state index contributed by atoms with van der Waals surface area (Å²) in [5, 5.41) is 9.76. The van der Waals surface area contributed by atoms with E-state index in [0.29, 0.717) is 13.1 Å². The SMILES string of the molecule is COC(=O)C(Br)CN1CCN(CC(C)(C)O)CC1. The Labute approximate surface area is 117 Å². The standard InChI is InChI=1S/C12H23BrN2O3/c1-12(2,17)9-15-6-4-14(5-7-15)8-10(13)11(16)18-3/h10,17H,4-9H2,1-3H3. The van der Waals surface area contributed by atoms with Gasteiger partial charge in [-0.2, -0.15) is 0 Å². The van der Waals surface area contributed by atoms with E-state index in [1.807, 2.05) is 13.8 Å². The maximum absolute atomic E-state index is 11.3. The van der Waals surface area contributed by atoms with Gasteiger partial charge < -0.3 is 9.84 Å². The summed E-state index contributed by atoms with van der Waals surface area (Å²) >= 11 is 3.33. The molecule has 0 amide bonds. The fourth-order valence-corrected chi connectivity index (χ4v) is 2.70.